The summed E-state index contributed by atoms with van der Waals surface area (Å²) in [6, 6.07) is 0. The molecule has 0 amide bonds. The third-order valence-corrected chi connectivity index (χ3v) is 2.90. The lowest BCUT2D eigenvalue weighted by atomic mass is 10.1. The first kappa shape index (κ1) is 18.0. The fraction of sp³-hybridized carbons (Fsp3) is 0.533. The Labute approximate surface area is 124 Å². The largest absolute Gasteiger partial charge is 0.493 e. The highest BCUT2D eigenvalue weighted by atomic mass is 79.9. The number of hydrogen-bond donors (Lipinski definition) is 0. The van der Waals surface area contributed by atoms with Gasteiger partial charge in [-0.05, 0) is 37.2 Å². The average Bonchev–Trinajstić information content (AvgIpc) is 2.35. The van der Waals surface area contributed by atoms with Gasteiger partial charge in [-0.2, -0.15) is 0 Å². The molecule has 0 bridgehead atoms. The number of allylic oxidation sites excluding steroid dienone is 4. The van der Waals surface area contributed by atoms with Crippen molar-refractivity contribution in [1.29, 1.82) is 0 Å². The Balaban J connectivity index is 4.33. The molecule has 0 aromatic rings. The second-order valence-corrected chi connectivity index (χ2v) is 5.08. The molecule has 0 aliphatic rings. The molecule has 0 spiro atoms. The van der Waals surface area contributed by atoms with E-state index >= 15 is 0 Å². The Morgan fingerprint density at radius 3 is 2.47 bits per heavy atom. The molecule has 0 saturated heterocycles. The van der Waals surface area contributed by atoms with Crippen molar-refractivity contribution in [2.45, 2.75) is 40.0 Å². The molecule has 0 N–H and O–H groups in total. The summed E-state index contributed by atoms with van der Waals surface area (Å²) in [6.07, 6.45) is 5.44. The molecule has 0 aliphatic heterocycles. The Morgan fingerprint density at radius 1 is 1.32 bits per heavy atom. The molecule has 19 heavy (non-hydrogen) atoms. The van der Waals surface area contributed by atoms with E-state index in [1.807, 2.05) is 13.0 Å². The SMILES string of the molecule is C=CC=C(OCCCC(=O)OCC)C(CC)=C(C)Br. The topological polar surface area (TPSA) is 35.5 Å². The number of carbonyl (C=O) groups excluding carboxylic acids is 1. The quantitative estimate of drug-likeness (QED) is 0.270. The van der Waals surface area contributed by atoms with Gasteiger partial charge in [-0.15, -0.1) is 0 Å². The van der Waals surface area contributed by atoms with Gasteiger partial charge in [0.25, 0.3) is 0 Å². The van der Waals surface area contributed by atoms with Crippen LogP contribution in [-0.4, -0.2) is 19.2 Å². The summed E-state index contributed by atoms with van der Waals surface area (Å²) in [6.45, 7) is 10.5. The van der Waals surface area contributed by atoms with E-state index < -0.39 is 0 Å². The van der Waals surface area contributed by atoms with Gasteiger partial charge in [0.1, 0.15) is 5.76 Å². The summed E-state index contributed by atoms with van der Waals surface area (Å²) in [7, 11) is 0. The van der Waals surface area contributed by atoms with Crippen molar-refractivity contribution in [3.8, 4) is 0 Å². The normalized spacial score (nSPS) is 12.7. The summed E-state index contributed by atoms with van der Waals surface area (Å²) < 4.78 is 11.6. The molecular formula is C15H23BrO3. The Bertz CT molecular complexity index is 352. The van der Waals surface area contributed by atoms with Crippen LogP contribution in [0.5, 0.6) is 0 Å². The summed E-state index contributed by atoms with van der Waals surface area (Å²) >= 11 is 3.47. The van der Waals surface area contributed by atoms with Gasteiger partial charge in [0.15, 0.2) is 0 Å². The van der Waals surface area contributed by atoms with Crippen LogP contribution in [0.15, 0.2) is 34.5 Å². The van der Waals surface area contributed by atoms with E-state index in [0.29, 0.717) is 26.1 Å². The lowest BCUT2D eigenvalue weighted by molar-refractivity contribution is -0.143. The predicted octanol–water partition coefficient (Wildman–Crippen LogP) is 4.50. The number of hydrogen-bond acceptors (Lipinski definition) is 3. The molecule has 0 aromatic heterocycles. The Morgan fingerprint density at radius 2 is 2.00 bits per heavy atom. The van der Waals surface area contributed by atoms with E-state index in [9.17, 15) is 4.79 Å². The predicted molar refractivity (Wildman–Crippen MR) is 82.0 cm³/mol. The van der Waals surface area contributed by atoms with Crippen molar-refractivity contribution in [2.24, 2.45) is 0 Å². The van der Waals surface area contributed by atoms with Crippen LogP contribution in [0.4, 0.5) is 0 Å². The van der Waals surface area contributed by atoms with E-state index in [4.69, 9.17) is 9.47 Å². The van der Waals surface area contributed by atoms with E-state index in [1.54, 1.807) is 13.0 Å². The van der Waals surface area contributed by atoms with Crippen LogP contribution in [-0.2, 0) is 14.3 Å². The lowest BCUT2D eigenvalue weighted by Gasteiger charge is -2.13. The third-order valence-electron chi connectivity index (χ3n) is 2.42. The van der Waals surface area contributed by atoms with Gasteiger partial charge < -0.3 is 9.47 Å². The summed E-state index contributed by atoms with van der Waals surface area (Å²) in [5, 5.41) is 0. The van der Waals surface area contributed by atoms with Crippen molar-refractivity contribution in [2.75, 3.05) is 13.2 Å². The summed E-state index contributed by atoms with van der Waals surface area (Å²) in [4.78, 5) is 11.2. The molecule has 0 radical (unpaired) electrons. The Hall–Kier alpha value is -1.03. The van der Waals surface area contributed by atoms with E-state index in [2.05, 4.69) is 29.4 Å². The van der Waals surface area contributed by atoms with Crippen molar-refractivity contribution < 1.29 is 14.3 Å². The summed E-state index contributed by atoms with van der Waals surface area (Å²) in [5.74, 6) is 0.624. The molecule has 0 unspecified atom stereocenters. The maximum atomic E-state index is 11.2. The van der Waals surface area contributed by atoms with Gasteiger partial charge in [0.2, 0.25) is 0 Å². The monoisotopic (exact) mass is 330 g/mol. The molecule has 0 saturated carbocycles. The standard InChI is InChI=1S/C15H23BrO3/c1-5-9-14(13(6-2)12(4)16)19-11-8-10-15(17)18-7-3/h5,9H,1,6-8,10-11H2,2-4H3. The fourth-order valence-corrected chi connectivity index (χ4v) is 2.04. The van der Waals surface area contributed by atoms with Crippen molar-refractivity contribution in [3.05, 3.63) is 34.5 Å². The number of rotatable bonds is 9. The van der Waals surface area contributed by atoms with Crippen molar-refractivity contribution >= 4 is 21.9 Å². The Kier molecular flexibility index (Phi) is 10.3. The van der Waals surface area contributed by atoms with Crippen LogP contribution >= 0.6 is 15.9 Å². The van der Waals surface area contributed by atoms with Crippen LogP contribution in [0, 0.1) is 0 Å². The van der Waals surface area contributed by atoms with E-state index in [1.165, 1.54) is 0 Å². The zero-order chi connectivity index (χ0) is 14.7. The van der Waals surface area contributed by atoms with Crippen LogP contribution in [0.1, 0.15) is 40.0 Å². The third kappa shape index (κ3) is 7.88. The fourth-order valence-electron chi connectivity index (χ4n) is 1.56. The van der Waals surface area contributed by atoms with E-state index in [0.717, 1.165) is 22.2 Å². The first-order valence-electron chi connectivity index (χ1n) is 6.53. The molecule has 0 rings (SSSR count). The van der Waals surface area contributed by atoms with E-state index in [-0.39, 0.29) is 5.97 Å². The number of halogens is 1. The number of carbonyl (C=O) groups is 1. The molecular weight excluding hydrogens is 308 g/mol. The van der Waals surface area contributed by atoms with Crippen molar-refractivity contribution in [3.63, 3.8) is 0 Å². The second-order valence-electron chi connectivity index (χ2n) is 3.89. The van der Waals surface area contributed by atoms with Gasteiger partial charge in [-0.3, -0.25) is 4.79 Å². The first-order chi connectivity index (χ1) is 9.06. The van der Waals surface area contributed by atoms with Crippen molar-refractivity contribution in [1.82, 2.24) is 0 Å². The van der Waals surface area contributed by atoms with Gasteiger partial charge in [-0.25, -0.2) is 0 Å². The molecule has 0 fully saturated rings. The van der Waals surface area contributed by atoms with Crippen LogP contribution in [0.2, 0.25) is 0 Å². The maximum absolute atomic E-state index is 11.2. The second kappa shape index (κ2) is 10.9. The molecule has 108 valence electrons. The molecule has 0 heterocycles. The minimum atomic E-state index is -0.178. The van der Waals surface area contributed by atoms with Gasteiger partial charge in [0, 0.05) is 12.0 Å². The molecule has 3 nitrogen and oxygen atoms in total. The summed E-state index contributed by atoms with van der Waals surface area (Å²) in [5.41, 5.74) is 1.11. The molecule has 0 aromatic carbocycles. The molecule has 4 heteroatoms. The zero-order valence-electron chi connectivity index (χ0n) is 12.0. The maximum Gasteiger partial charge on any atom is 0.305 e. The van der Waals surface area contributed by atoms with Crippen LogP contribution in [0.25, 0.3) is 0 Å². The highest BCUT2D eigenvalue weighted by molar-refractivity contribution is 9.11. The smallest absolute Gasteiger partial charge is 0.305 e. The van der Waals surface area contributed by atoms with Gasteiger partial charge >= 0.3 is 5.97 Å². The molecule has 0 atom stereocenters. The zero-order valence-corrected chi connectivity index (χ0v) is 13.6. The van der Waals surface area contributed by atoms with Crippen LogP contribution in [0.3, 0.4) is 0 Å². The molecule has 0 aliphatic carbocycles. The minimum Gasteiger partial charge on any atom is -0.493 e. The minimum absolute atomic E-state index is 0.178. The highest BCUT2D eigenvalue weighted by Crippen LogP contribution is 2.23. The number of ether oxygens (including phenoxy) is 2. The van der Waals surface area contributed by atoms with Crippen LogP contribution < -0.4 is 0 Å². The average molecular weight is 331 g/mol. The first-order valence-corrected chi connectivity index (χ1v) is 7.32. The van der Waals surface area contributed by atoms with Gasteiger partial charge in [-0.1, -0.05) is 35.5 Å². The lowest BCUT2D eigenvalue weighted by Crippen LogP contribution is -2.06. The highest BCUT2D eigenvalue weighted by Gasteiger charge is 2.08. The van der Waals surface area contributed by atoms with Gasteiger partial charge in [0.05, 0.1) is 13.2 Å². The number of esters is 1.